The predicted octanol–water partition coefficient (Wildman–Crippen LogP) is 3.04. The highest BCUT2D eigenvalue weighted by Crippen LogP contribution is 2.39. The molecule has 1 N–H and O–H groups in total. The summed E-state index contributed by atoms with van der Waals surface area (Å²) in [5.41, 5.74) is 1.41. The van der Waals surface area contributed by atoms with Crippen molar-refractivity contribution in [1.82, 2.24) is 4.72 Å². The molecule has 0 spiro atoms. The maximum absolute atomic E-state index is 12.9. The number of sulfonamides is 1. The highest BCUT2D eigenvalue weighted by atomic mass is 32.2. The highest BCUT2D eigenvalue weighted by Gasteiger charge is 2.37. The molecule has 0 aliphatic carbocycles. The van der Waals surface area contributed by atoms with Crippen LogP contribution < -0.4 is 14.2 Å². The maximum Gasteiger partial charge on any atom is 0.240 e. The first-order chi connectivity index (χ1) is 13.4. The summed E-state index contributed by atoms with van der Waals surface area (Å²) < 4.78 is 45.0. The molecule has 28 heavy (non-hydrogen) atoms. The zero-order chi connectivity index (χ0) is 20.2. The van der Waals surface area contributed by atoms with Crippen LogP contribution in [0.1, 0.15) is 24.0 Å². The van der Waals surface area contributed by atoms with Crippen molar-refractivity contribution in [3.05, 3.63) is 53.6 Å². The molecule has 152 valence electrons. The van der Waals surface area contributed by atoms with Crippen molar-refractivity contribution in [3.63, 3.8) is 0 Å². The number of para-hydroxylation sites is 1. The van der Waals surface area contributed by atoms with Gasteiger partial charge in [-0.3, -0.25) is 0 Å². The molecule has 0 amide bonds. The van der Waals surface area contributed by atoms with Crippen LogP contribution >= 0.6 is 0 Å². The first-order valence-electron chi connectivity index (χ1n) is 9.27. The first kappa shape index (κ1) is 20.6. The van der Waals surface area contributed by atoms with Gasteiger partial charge in [0.05, 0.1) is 19.1 Å². The van der Waals surface area contributed by atoms with Gasteiger partial charge in [-0.25, -0.2) is 13.1 Å². The lowest BCUT2D eigenvalue weighted by molar-refractivity contribution is 0.0509. The Kier molecular flexibility index (Phi) is 6.27. The summed E-state index contributed by atoms with van der Waals surface area (Å²) in [6.45, 7) is 3.28. The van der Waals surface area contributed by atoms with Gasteiger partial charge in [-0.15, -0.1) is 0 Å². The van der Waals surface area contributed by atoms with E-state index in [9.17, 15) is 8.42 Å². The standard InChI is InChI=1S/C21H27NO5S/c1-16-14-17(8-9-19(16)25-2)28(23,24)22-15-21(10-12-27-13-11-21)18-6-4-5-7-20(18)26-3/h4-9,14,22H,10-13,15H2,1-3H3. The van der Waals surface area contributed by atoms with E-state index in [0.29, 0.717) is 19.0 Å². The molecule has 0 aromatic heterocycles. The monoisotopic (exact) mass is 405 g/mol. The highest BCUT2D eigenvalue weighted by molar-refractivity contribution is 7.89. The van der Waals surface area contributed by atoms with Gasteiger partial charge in [0.2, 0.25) is 10.0 Å². The maximum atomic E-state index is 12.9. The molecule has 2 aromatic carbocycles. The lowest BCUT2D eigenvalue weighted by Gasteiger charge is -2.38. The van der Waals surface area contributed by atoms with E-state index in [1.54, 1.807) is 32.4 Å². The minimum absolute atomic E-state index is 0.230. The third-order valence-corrected chi connectivity index (χ3v) is 6.80. The van der Waals surface area contributed by atoms with Crippen molar-refractivity contribution in [2.75, 3.05) is 34.0 Å². The van der Waals surface area contributed by atoms with Gasteiger partial charge in [0.1, 0.15) is 11.5 Å². The normalized spacial score (nSPS) is 16.5. The van der Waals surface area contributed by atoms with Crippen molar-refractivity contribution in [1.29, 1.82) is 0 Å². The van der Waals surface area contributed by atoms with E-state index in [-0.39, 0.29) is 16.9 Å². The zero-order valence-corrected chi connectivity index (χ0v) is 17.3. The second kappa shape index (κ2) is 8.51. The molecule has 0 radical (unpaired) electrons. The van der Waals surface area contributed by atoms with Crippen LogP contribution in [0.5, 0.6) is 11.5 Å². The van der Waals surface area contributed by atoms with Crippen LogP contribution in [0.2, 0.25) is 0 Å². The molecular weight excluding hydrogens is 378 g/mol. The van der Waals surface area contributed by atoms with E-state index in [4.69, 9.17) is 14.2 Å². The third kappa shape index (κ3) is 4.16. The fourth-order valence-corrected chi connectivity index (χ4v) is 4.93. The molecule has 0 saturated carbocycles. The SMILES string of the molecule is COc1ccc(S(=O)(=O)NCC2(c3ccccc3OC)CCOCC2)cc1C. The lowest BCUT2D eigenvalue weighted by Crippen LogP contribution is -2.44. The lowest BCUT2D eigenvalue weighted by atomic mass is 9.74. The predicted molar refractivity (Wildman–Crippen MR) is 108 cm³/mol. The number of hydrogen-bond donors (Lipinski definition) is 1. The Morgan fingerprint density at radius 3 is 2.36 bits per heavy atom. The fraction of sp³-hybridized carbons (Fsp3) is 0.429. The van der Waals surface area contributed by atoms with Crippen LogP contribution in [0.3, 0.4) is 0 Å². The third-order valence-electron chi connectivity index (χ3n) is 5.41. The van der Waals surface area contributed by atoms with Gasteiger partial charge < -0.3 is 14.2 Å². The van der Waals surface area contributed by atoms with Gasteiger partial charge >= 0.3 is 0 Å². The molecule has 1 aliphatic rings. The van der Waals surface area contributed by atoms with E-state index in [1.165, 1.54) is 0 Å². The summed E-state index contributed by atoms with van der Waals surface area (Å²) in [6.07, 6.45) is 1.44. The van der Waals surface area contributed by atoms with Crippen LogP contribution in [0.15, 0.2) is 47.4 Å². The number of ether oxygens (including phenoxy) is 3. The van der Waals surface area contributed by atoms with E-state index >= 15 is 0 Å². The summed E-state index contributed by atoms with van der Waals surface area (Å²) in [4.78, 5) is 0.230. The molecule has 1 heterocycles. The van der Waals surface area contributed by atoms with Crippen LogP contribution in [0, 0.1) is 6.92 Å². The van der Waals surface area contributed by atoms with E-state index < -0.39 is 10.0 Å². The number of nitrogens with one attached hydrogen (secondary N) is 1. The molecule has 1 fully saturated rings. The molecule has 0 bridgehead atoms. The molecule has 6 nitrogen and oxygen atoms in total. The molecule has 0 unspecified atom stereocenters. The second-order valence-electron chi connectivity index (χ2n) is 7.05. The van der Waals surface area contributed by atoms with Crippen molar-refractivity contribution >= 4 is 10.0 Å². The van der Waals surface area contributed by atoms with Gasteiger partial charge in [0.25, 0.3) is 0 Å². The Morgan fingerprint density at radius 2 is 1.71 bits per heavy atom. The summed E-state index contributed by atoms with van der Waals surface area (Å²) in [5.74, 6) is 1.43. The fourth-order valence-electron chi connectivity index (χ4n) is 3.72. The molecular formula is C21H27NO5S. The van der Waals surface area contributed by atoms with Gasteiger partial charge in [0, 0.05) is 30.7 Å². The zero-order valence-electron chi connectivity index (χ0n) is 16.5. The Labute approximate surface area is 166 Å². The quantitative estimate of drug-likeness (QED) is 0.766. The molecule has 1 saturated heterocycles. The van der Waals surface area contributed by atoms with Crippen molar-refractivity contribution in [2.45, 2.75) is 30.1 Å². The van der Waals surface area contributed by atoms with Gasteiger partial charge in [0.15, 0.2) is 0 Å². The van der Waals surface area contributed by atoms with Crippen LogP contribution in [0.4, 0.5) is 0 Å². The van der Waals surface area contributed by atoms with Crippen molar-refractivity contribution in [2.24, 2.45) is 0 Å². The number of hydrogen-bond acceptors (Lipinski definition) is 5. The number of methoxy groups -OCH3 is 2. The van der Waals surface area contributed by atoms with Gasteiger partial charge in [-0.1, -0.05) is 18.2 Å². The minimum atomic E-state index is -3.66. The van der Waals surface area contributed by atoms with Crippen LogP contribution in [-0.4, -0.2) is 42.4 Å². The minimum Gasteiger partial charge on any atom is -0.496 e. The van der Waals surface area contributed by atoms with Crippen LogP contribution in [0.25, 0.3) is 0 Å². The number of rotatable bonds is 7. The van der Waals surface area contributed by atoms with Crippen molar-refractivity contribution < 1.29 is 22.6 Å². The molecule has 0 atom stereocenters. The summed E-state index contributed by atoms with van der Waals surface area (Å²) in [5, 5.41) is 0. The molecule has 3 rings (SSSR count). The van der Waals surface area contributed by atoms with Gasteiger partial charge in [-0.05, 0) is 49.6 Å². The summed E-state index contributed by atoms with van der Waals surface area (Å²) >= 11 is 0. The first-order valence-corrected chi connectivity index (χ1v) is 10.8. The topological polar surface area (TPSA) is 73.9 Å². The number of aryl methyl sites for hydroxylation is 1. The smallest absolute Gasteiger partial charge is 0.240 e. The van der Waals surface area contributed by atoms with Crippen molar-refractivity contribution in [3.8, 4) is 11.5 Å². The molecule has 1 aliphatic heterocycles. The average molecular weight is 406 g/mol. The Hall–Kier alpha value is -2.09. The Bertz CT molecular complexity index is 920. The molecule has 2 aromatic rings. The number of benzene rings is 2. The Balaban J connectivity index is 1.89. The second-order valence-corrected chi connectivity index (χ2v) is 8.82. The average Bonchev–Trinajstić information content (AvgIpc) is 2.73. The Morgan fingerprint density at radius 1 is 1.04 bits per heavy atom. The summed E-state index contributed by atoms with van der Waals surface area (Å²) in [6, 6.07) is 12.7. The van der Waals surface area contributed by atoms with Crippen LogP contribution in [-0.2, 0) is 20.2 Å². The van der Waals surface area contributed by atoms with E-state index in [0.717, 1.165) is 29.7 Å². The summed E-state index contributed by atoms with van der Waals surface area (Å²) in [7, 11) is -0.459. The van der Waals surface area contributed by atoms with E-state index in [1.807, 2.05) is 31.2 Å². The van der Waals surface area contributed by atoms with Gasteiger partial charge in [-0.2, -0.15) is 0 Å². The largest absolute Gasteiger partial charge is 0.496 e. The molecule has 7 heteroatoms. The van der Waals surface area contributed by atoms with E-state index in [2.05, 4.69) is 4.72 Å².